The minimum Gasteiger partial charge on any atom is -0.511 e. The molecule has 0 aromatic carbocycles. The first-order chi connectivity index (χ1) is 15.8. The third-order valence-corrected chi connectivity index (χ3v) is 13.9. The van der Waals surface area contributed by atoms with Crippen molar-refractivity contribution >= 4 is 0 Å². The van der Waals surface area contributed by atoms with Crippen LogP contribution in [0.25, 0.3) is 0 Å². The maximum Gasteiger partial charge on any atom is 0.112 e. The first-order valence-electron chi connectivity index (χ1n) is 14.2. The number of nitriles is 1. The Kier molecular flexibility index (Phi) is 4.57. The van der Waals surface area contributed by atoms with Gasteiger partial charge in [-0.2, -0.15) is 5.26 Å². The van der Waals surface area contributed by atoms with Crippen LogP contribution in [0.15, 0.2) is 11.3 Å². The summed E-state index contributed by atoms with van der Waals surface area (Å²) < 4.78 is 6.70. The van der Waals surface area contributed by atoms with Gasteiger partial charge in [-0.1, -0.05) is 48.5 Å². The van der Waals surface area contributed by atoms with Crippen molar-refractivity contribution in [3.8, 4) is 6.07 Å². The number of hydrogen-bond acceptors (Lipinski definition) is 3. The van der Waals surface area contributed by atoms with Crippen LogP contribution in [0.4, 0.5) is 0 Å². The highest BCUT2D eigenvalue weighted by Crippen LogP contribution is 2.78. The van der Waals surface area contributed by atoms with Crippen LogP contribution in [0.1, 0.15) is 106 Å². The van der Waals surface area contributed by atoms with Gasteiger partial charge >= 0.3 is 0 Å². The standard InChI is InChI=1S/C31H47NO2/c1-26(2)12-14-31-15-13-29(6)20(23(31)25(26)34-18-31)8-9-22-28(5)16-19(17-32)24(33)27(3,4)21(28)10-11-30(22,29)7/h20-23,25,33H,8-16,18H2,1-7H3/t20-,21+,22-,23+,25-,28+,29-,30-,31-/m1/s1. The van der Waals surface area contributed by atoms with E-state index in [4.69, 9.17) is 4.74 Å². The van der Waals surface area contributed by atoms with Gasteiger partial charge in [-0.3, -0.25) is 0 Å². The normalized spacial score (nSPS) is 54.8. The van der Waals surface area contributed by atoms with Crippen molar-refractivity contribution in [3.05, 3.63) is 11.3 Å². The molecule has 0 aromatic heterocycles. The molecule has 9 atom stereocenters. The van der Waals surface area contributed by atoms with Crippen molar-refractivity contribution in [2.24, 2.45) is 56.2 Å². The van der Waals surface area contributed by atoms with Crippen LogP contribution in [0.3, 0.4) is 0 Å². The molecule has 6 aliphatic rings. The highest BCUT2D eigenvalue weighted by atomic mass is 16.5. The van der Waals surface area contributed by atoms with E-state index in [1.165, 1.54) is 51.4 Å². The first kappa shape index (κ1) is 23.4. The molecule has 188 valence electrons. The summed E-state index contributed by atoms with van der Waals surface area (Å²) >= 11 is 0. The van der Waals surface area contributed by atoms with Gasteiger partial charge < -0.3 is 9.84 Å². The Morgan fingerprint density at radius 2 is 1.56 bits per heavy atom. The second-order valence-electron chi connectivity index (χ2n) is 15.6. The van der Waals surface area contributed by atoms with E-state index in [2.05, 4.69) is 54.5 Å². The molecule has 0 spiro atoms. The molecule has 5 fully saturated rings. The summed E-state index contributed by atoms with van der Waals surface area (Å²) in [5, 5.41) is 21.0. The third kappa shape index (κ3) is 2.48. The van der Waals surface area contributed by atoms with E-state index in [1.54, 1.807) is 0 Å². The third-order valence-electron chi connectivity index (χ3n) is 13.9. The number of nitrogens with zero attached hydrogens (tertiary/aromatic N) is 1. The van der Waals surface area contributed by atoms with Gasteiger partial charge in [0, 0.05) is 5.41 Å². The summed E-state index contributed by atoms with van der Waals surface area (Å²) in [7, 11) is 0. The Morgan fingerprint density at radius 1 is 0.853 bits per heavy atom. The van der Waals surface area contributed by atoms with Crippen molar-refractivity contribution < 1.29 is 9.84 Å². The number of aliphatic hydroxyl groups is 1. The molecule has 1 aliphatic heterocycles. The number of hydrogen-bond donors (Lipinski definition) is 1. The fraction of sp³-hybridized carbons (Fsp3) is 0.903. The second kappa shape index (κ2) is 6.65. The minimum atomic E-state index is -0.311. The zero-order valence-corrected chi connectivity index (χ0v) is 22.8. The van der Waals surface area contributed by atoms with E-state index in [1.807, 2.05) is 0 Å². The highest BCUT2D eigenvalue weighted by molar-refractivity contribution is 5.35. The summed E-state index contributed by atoms with van der Waals surface area (Å²) in [5.41, 5.74) is 1.77. The lowest BCUT2D eigenvalue weighted by Gasteiger charge is -2.72. The summed E-state index contributed by atoms with van der Waals surface area (Å²) in [6.45, 7) is 18.1. The number of fused-ring (bicyclic) bond motifs is 5. The van der Waals surface area contributed by atoms with Gasteiger partial charge in [0.2, 0.25) is 0 Å². The predicted molar refractivity (Wildman–Crippen MR) is 135 cm³/mol. The van der Waals surface area contributed by atoms with Crippen LogP contribution in [0.5, 0.6) is 0 Å². The van der Waals surface area contributed by atoms with Gasteiger partial charge in [0.15, 0.2) is 0 Å². The molecule has 3 nitrogen and oxygen atoms in total. The summed E-state index contributed by atoms with van der Waals surface area (Å²) in [4.78, 5) is 0. The van der Waals surface area contributed by atoms with Crippen molar-refractivity contribution in [1.29, 1.82) is 5.26 Å². The average Bonchev–Trinajstić information content (AvgIpc) is 3.10. The Morgan fingerprint density at radius 3 is 2.26 bits per heavy atom. The Labute approximate surface area is 207 Å². The second-order valence-corrected chi connectivity index (χ2v) is 15.6. The van der Waals surface area contributed by atoms with E-state index in [0.717, 1.165) is 24.9 Å². The zero-order valence-electron chi connectivity index (χ0n) is 22.8. The zero-order chi connectivity index (χ0) is 24.5. The van der Waals surface area contributed by atoms with Crippen LogP contribution in [0.2, 0.25) is 0 Å². The smallest absolute Gasteiger partial charge is 0.112 e. The lowest BCUT2D eigenvalue weighted by Crippen LogP contribution is -2.67. The van der Waals surface area contributed by atoms with Gasteiger partial charge in [0.25, 0.3) is 0 Å². The molecule has 0 unspecified atom stereocenters. The first-order valence-corrected chi connectivity index (χ1v) is 14.2. The molecule has 0 aromatic rings. The number of ether oxygens (including phenoxy) is 1. The molecule has 34 heavy (non-hydrogen) atoms. The van der Waals surface area contributed by atoms with Gasteiger partial charge in [0.05, 0.1) is 24.4 Å². The largest absolute Gasteiger partial charge is 0.511 e. The van der Waals surface area contributed by atoms with E-state index in [9.17, 15) is 10.4 Å². The average molecular weight is 466 g/mol. The van der Waals surface area contributed by atoms with Crippen LogP contribution in [0, 0.1) is 67.5 Å². The van der Waals surface area contributed by atoms with Crippen molar-refractivity contribution in [2.75, 3.05) is 6.61 Å². The Balaban J connectivity index is 1.42. The number of rotatable bonds is 0. The lowest BCUT2D eigenvalue weighted by atomic mass is 9.31. The minimum absolute atomic E-state index is 0.0816. The van der Waals surface area contributed by atoms with Crippen molar-refractivity contribution in [1.82, 2.24) is 0 Å². The fourth-order valence-electron chi connectivity index (χ4n) is 11.9. The van der Waals surface area contributed by atoms with Gasteiger partial charge in [-0.05, 0) is 109 Å². The van der Waals surface area contributed by atoms with Crippen molar-refractivity contribution in [2.45, 2.75) is 112 Å². The molecule has 1 N–H and O–H groups in total. The Hall–Kier alpha value is -1.01. The topological polar surface area (TPSA) is 53.2 Å². The van der Waals surface area contributed by atoms with E-state index < -0.39 is 0 Å². The molecule has 6 rings (SSSR count). The maximum atomic E-state index is 11.0. The molecule has 2 bridgehead atoms. The molecule has 5 aliphatic carbocycles. The van der Waals surface area contributed by atoms with Gasteiger partial charge in [-0.25, -0.2) is 0 Å². The monoisotopic (exact) mass is 465 g/mol. The molecule has 0 radical (unpaired) electrons. The molecular formula is C31H47NO2. The highest BCUT2D eigenvalue weighted by Gasteiger charge is 2.72. The van der Waals surface area contributed by atoms with Crippen LogP contribution in [-0.2, 0) is 4.74 Å². The molecule has 0 amide bonds. The molecule has 4 saturated carbocycles. The van der Waals surface area contributed by atoms with E-state index in [-0.39, 0.29) is 16.2 Å². The Bertz CT molecular complexity index is 988. The fourth-order valence-corrected chi connectivity index (χ4v) is 11.9. The maximum absolute atomic E-state index is 11.0. The predicted octanol–water partition coefficient (Wildman–Crippen LogP) is 7.82. The SMILES string of the molecule is CC1(C)CC[C@]23CC[C@]4(C)[C@H](CC[C@@H]5[C@@]6(C)CC(C#N)=C(O)C(C)(C)[C@@H]6CC[C@]54C)[C@H]2[C@H]1OC3. The molecular weight excluding hydrogens is 418 g/mol. The number of aliphatic hydroxyl groups excluding tert-OH is 1. The van der Waals surface area contributed by atoms with Crippen LogP contribution >= 0.6 is 0 Å². The van der Waals surface area contributed by atoms with E-state index in [0.29, 0.717) is 45.5 Å². The molecule has 1 saturated heterocycles. The van der Waals surface area contributed by atoms with Crippen LogP contribution in [-0.4, -0.2) is 17.8 Å². The quantitative estimate of drug-likeness (QED) is 0.397. The number of allylic oxidation sites excluding steroid dienone is 2. The molecule has 3 heteroatoms. The summed E-state index contributed by atoms with van der Waals surface area (Å²) in [6.07, 6.45) is 11.6. The molecule has 1 heterocycles. The lowest BCUT2D eigenvalue weighted by molar-refractivity contribution is -0.236. The summed E-state index contributed by atoms with van der Waals surface area (Å²) in [5.74, 6) is 2.91. The van der Waals surface area contributed by atoms with Gasteiger partial charge in [-0.15, -0.1) is 0 Å². The van der Waals surface area contributed by atoms with Gasteiger partial charge in [0.1, 0.15) is 5.76 Å². The van der Waals surface area contributed by atoms with Crippen LogP contribution < -0.4 is 0 Å². The van der Waals surface area contributed by atoms with E-state index >= 15 is 0 Å². The van der Waals surface area contributed by atoms with Crippen molar-refractivity contribution in [3.63, 3.8) is 0 Å². The summed E-state index contributed by atoms with van der Waals surface area (Å²) in [6, 6.07) is 2.42.